The fourth-order valence-corrected chi connectivity index (χ4v) is 5.39. The first-order chi connectivity index (χ1) is 20.0. The highest BCUT2D eigenvalue weighted by atomic mass is 19.1. The summed E-state index contributed by atoms with van der Waals surface area (Å²) in [5, 5.41) is 14.9. The molecule has 0 aliphatic heterocycles. The van der Waals surface area contributed by atoms with Crippen molar-refractivity contribution in [2.24, 2.45) is 0 Å². The van der Waals surface area contributed by atoms with Gasteiger partial charge in [0.05, 0.1) is 6.42 Å². The van der Waals surface area contributed by atoms with E-state index in [1.165, 1.54) is 49.8 Å². The normalized spacial score (nSPS) is 13.5. The largest absolute Gasteiger partial charge is 0.481 e. The number of carbonyl (C=O) groups is 2. The highest BCUT2D eigenvalue weighted by Gasteiger charge is 2.18. The van der Waals surface area contributed by atoms with Gasteiger partial charge in [0, 0.05) is 30.5 Å². The summed E-state index contributed by atoms with van der Waals surface area (Å²) in [6.07, 6.45) is 7.78. The molecule has 4 aromatic rings. The lowest BCUT2D eigenvalue weighted by Crippen LogP contribution is -2.26. The van der Waals surface area contributed by atoms with Crippen LogP contribution in [0.25, 0.3) is 22.3 Å². The van der Waals surface area contributed by atoms with Gasteiger partial charge in [-0.05, 0) is 76.9 Å². The number of hydrogen-bond acceptors (Lipinski definition) is 4. The van der Waals surface area contributed by atoms with Crippen LogP contribution in [0, 0.1) is 5.82 Å². The van der Waals surface area contributed by atoms with Crippen LogP contribution in [0.2, 0.25) is 0 Å². The van der Waals surface area contributed by atoms with Gasteiger partial charge in [-0.3, -0.25) is 14.6 Å². The number of aliphatic carboxylic acids is 1. The number of nitrogens with one attached hydrogen (secondary N) is 2. The Morgan fingerprint density at radius 3 is 2.20 bits per heavy atom. The van der Waals surface area contributed by atoms with Gasteiger partial charge in [-0.15, -0.1) is 0 Å². The summed E-state index contributed by atoms with van der Waals surface area (Å²) in [4.78, 5) is 27.5. The maximum atomic E-state index is 13.3. The molecule has 3 N–H and O–H groups in total. The first-order valence-corrected chi connectivity index (χ1v) is 14.2. The Labute approximate surface area is 239 Å². The molecule has 1 fully saturated rings. The molecule has 3 aromatic carbocycles. The molecule has 0 bridgehead atoms. The zero-order valence-electron chi connectivity index (χ0n) is 22.9. The maximum Gasteiger partial charge on any atom is 0.305 e. The van der Waals surface area contributed by atoms with Crippen LogP contribution >= 0.6 is 0 Å². The number of amides is 1. The average Bonchev–Trinajstić information content (AvgIpc) is 3.01. The van der Waals surface area contributed by atoms with Crippen molar-refractivity contribution in [3.8, 4) is 22.3 Å². The summed E-state index contributed by atoms with van der Waals surface area (Å²) < 4.78 is 13.3. The molecule has 0 unspecified atom stereocenters. The number of halogens is 1. The van der Waals surface area contributed by atoms with Crippen LogP contribution in [0.5, 0.6) is 0 Å². The second-order valence-electron chi connectivity index (χ2n) is 10.5. The van der Waals surface area contributed by atoms with Crippen molar-refractivity contribution < 1.29 is 19.1 Å². The van der Waals surface area contributed by atoms with Crippen LogP contribution in [0.1, 0.15) is 66.1 Å². The number of nitrogens with zero attached hydrogens (tertiary/aromatic N) is 1. The minimum absolute atomic E-state index is 0.0573. The molecule has 6 nitrogen and oxygen atoms in total. The van der Waals surface area contributed by atoms with Crippen LogP contribution in [-0.4, -0.2) is 28.5 Å². The lowest BCUT2D eigenvalue weighted by atomic mass is 9.82. The quantitative estimate of drug-likeness (QED) is 0.191. The van der Waals surface area contributed by atoms with Crippen molar-refractivity contribution in [2.45, 2.75) is 51.0 Å². The van der Waals surface area contributed by atoms with Crippen molar-refractivity contribution >= 4 is 17.6 Å². The highest BCUT2D eigenvalue weighted by molar-refractivity contribution is 5.92. The van der Waals surface area contributed by atoms with E-state index >= 15 is 0 Å². The van der Waals surface area contributed by atoms with Gasteiger partial charge in [-0.1, -0.05) is 67.8 Å². The Balaban J connectivity index is 1.34. The fraction of sp³-hybridized carbons (Fsp3) is 0.265. The average molecular weight is 552 g/mol. The number of carboxylic acids is 1. The molecule has 7 heteroatoms. The molecule has 1 saturated carbocycles. The number of pyridine rings is 1. The highest BCUT2D eigenvalue weighted by Crippen LogP contribution is 2.36. The second kappa shape index (κ2) is 13.2. The molecule has 1 aromatic heterocycles. The van der Waals surface area contributed by atoms with Gasteiger partial charge in [0.25, 0.3) is 5.91 Å². The molecule has 1 amide bonds. The lowest BCUT2D eigenvalue weighted by Gasteiger charge is -2.23. The van der Waals surface area contributed by atoms with E-state index in [0.29, 0.717) is 12.5 Å². The molecule has 0 radical (unpaired) electrons. The Morgan fingerprint density at radius 2 is 1.54 bits per heavy atom. The molecule has 210 valence electrons. The minimum atomic E-state index is -0.962. The number of aromatic nitrogens is 1. The first kappa shape index (κ1) is 28.0. The molecule has 41 heavy (non-hydrogen) atoms. The number of carbonyl (C=O) groups excluding carboxylic acids is 1. The Hall–Kier alpha value is -4.52. The third-order valence-electron chi connectivity index (χ3n) is 7.69. The topological polar surface area (TPSA) is 91.3 Å². The maximum absolute atomic E-state index is 13.3. The molecule has 1 heterocycles. The molecular formula is C34H34FN3O3. The van der Waals surface area contributed by atoms with Gasteiger partial charge < -0.3 is 15.7 Å². The smallest absolute Gasteiger partial charge is 0.305 e. The van der Waals surface area contributed by atoms with Gasteiger partial charge in [0.2, 0.25) is 0 Å². The van der Waals surface area contributed by atoms with Gasteiger partial charge in [-0.25, -0.2) is 4.39 Å². The molecule has 5 rings (SSSR count). The molecular weight excluding hydrogens is 517 g/mol. The van der Waals surface area contributed by atoms with E-state index < -0.39 is 5.97 Å². The lowest BCUT2D eigenvalue weighted by molar-refractivity contribution is -0.136. The Bertz CT molecular complexity index is 1480. The zero-order valence-corrected chi connectivity index (χ0v) is 22.9. The van der Waals surface area contributed by atoms with Gasteiger partial charge in [0.15, 0.2) is 0 Å². The Morgan fingerprint density at radius 1 is 0.854 bits per heavy atom. The van der Waals surface area contributed by atoms with E-state index in [0.717, 1.165) is 33.5 Å². The van der Waals surface area contributed by atoms with Gasteiger partial charge in [0.1, 0.15) is 11.5 Å². The fourth-order valence-electron chi connectivity index (χ4n) is 5.39. The molecule has 0 saturated heterocycles. The predicted octanol–water partition coefficient (Wildman–Crippen LogP) is 7.42. The second-order valence-corrected chi connectivity index (χ2v) is 10.5. The van der Waals surface area contributed by atoms with E-state index in [1.54, 1.807) is 24.4 Å². The summed E-state index contributed by atoms with van der Waals surface area (Å²) in [6, 6.07) is 24.9. The van der Waals surface area contributed by atoms with Crippen molar-refractivity contribution in [1.29, 1.82) is 0 Å². The number of benzene rings is 3. The molecule has 1 aliphatic carbocycles. The third kappa shape index (κ3) is 7.37. The Kier molecular flexibility index (Phi) is 9.04. The van der Waals surface area contributed by atoms with Crippen LogP contribution in [0.3, 0.4) is 0 Å². The monoisotopic (exact) mass is 551 g/mol. The molecule has 0 spiro atoms. The van der Waals surface area contributed by atoms with Crippen molar-refractivity contribution in [2.75, 3.05) is 11.9 Å². The summed E-state index contributed by atoms with van der Waals surface area (Å²) in [7, 11) is 0. The van der Waals surface area contributed by atoms with Crippen LogP contribution < -0.4 is 10.6 Å². The molecule has 0 atom stereocenters. The van der Waals surface area contributed by atoms with Crippen molar-refractivity contribution in [3.63, 3.8) is 0 Å². The zero-order chi connectivity index (χ0) is 28.6. The van der Waals surface area contributed by atoms with E-state index in [4.69, 9.17) is 5.11 Å². The van der Waals surface area contributed by atoms with Crippen LogP contribution in [-0.2, 0) is 11.3 Å². The summed E-state index contributed by atoms with van der Waals surface area (Å²) in [5.74, 6) is -1.05. The summed E-state index contributed by atoms with van der Waals surface area (Å²) >= 11 is 0. The minimum Gasteiger partial charge on any atom is -0.481 e. The SMILES string of the molecule is O=C(O)CCNC(=O)c1ccc(-c2cc(C3CCCCC3)ccc2CNc2ccc(-c3ccc(F)cc3)cc2)cn1. The third-order valence-corrected chi connectivity index (χ3v) is 7.69. The number of hydrogen-bond donors (Lipinski definition) is 3. The molecule has 1 aliphatic rings. The number of carboxylic acid groups (broad SMARTS) is 1. The van der Waals surface area contributed by atoms with Gasteiger partial charge in [-0.2, -0.15) is 0 Å². The van der Waals surface area contributed by atoms with Crippen molar-refractivity contribution in [1.82, 2.24) is 10.3 Å². The van der Waals surface area contributed by atoms with Crippen LogP contribution in [0.4, 0.5) is 10.1 Å². The summed E-state index contributed by atoms with van der Waals surface area (Å²) in [6.45, 7) is 0.662. The standard InChI is InChI=1S/C34H34FN3O3/c35-29-13-8-24(9-14-29)25-10-15-30(16-11-25)37-21-27-7-6-26(23-4-2-1-3-5-23)20-31(27)28-12-17-32(38-22-28)34(41)36-19-18-33(39)40/h6-17,20,22-23,37H,1-5,18-19,21H2,(H,36,41)(H,39,40). The predicted molar refractivity (Wildman–Crippen MR) is 159 cm³/mol. The van der Waals surface area contributed by atoms with E-state index in [1.807, 2.05) is 30.3 Å². The van der Waals surface area contributed by atoms with Crippen LogP contribution in [0.15, 0.2) is 85.1 Å². The summed E-state index contributed by atoms with van der Waals surface area (Å²) in [5.41, 5.74) is 7.67. The van der Waals surface area contributed by atoms with Crippen molar-refractivity contribution in [3.05, 3.63) is 108 Å². The van der Waals surface area contributed by atoms with E-state index in [9.17, 15) is 14.0 Å². The van der Waals surface area contributed by atoms with E-state index in [2.05, 4.69) is 33.8 Å². The number of rotatable bonds is 10. The first-order valence-electron chi connectivity index (χ1n) is 14.2. The number of anilines is 1. The van der Waals surface area contributed by atoms with E-state index in [-0.39, 0.29) is 30.4 Å². The van der Waals surface area contributed by atoms with Gasteiger partial charge >= 0.3 is 5.97 Å².